The van der Waals surface area contributed by atoms with Crippen molar-refractivity contribution >= 4 is 29.1 Å². The smallest absolute Gasteiger partial charge is 0.251 e. The average Bonchev–Trinajstić information content (AvgIpc) is 2.88. The predicted octanol–water partition coefficient (Wildman–Crippen LogP) is 5.26. The van der Waals surface area contributed by atoms with E-state index >= 15 is 0 Å². The van der Waals surface area contributed by atoms with Crippen molar-refractivity contribution in [1.29, 1.82) is 0 Å². The zero-order valence-corrected chi connectivity index (χ0v) is 16.6. The van der Waals surface area contributed by atoms with E-state index in [1.54, 1.807) is 24.2 Å². The number of nitrogens with one attached hydrogen (secondary N) is 2. The quantitative estimate of drug-likeness (QED) is 0.644. The van der Waals surface area contributed by atoms with E-state index in [0.717, 1.165) is 21.8 Å². The fourth-order valence-corrected chi connectivity index (χ4v) is 4.15. The van der Waals surface area contributed by atoms with Crippen LogP contribution in [0.4, 0.5) is 5.69 Å². The number of anilines is 1. The van der Waals surface area contributed by atoms with E-state index in [1.807, 2.05) is 37.3 Å². The highest BCUT2D eigenvalue weighted by Gasteiger charge is 2.18. The Kier molecular flexibility index (Phi) is 5.17. The molecule has 1 amide bonds. The summed E-state index contributed by atoms with van der Waals surface area (Å²) in [5.74, 6) is -0.0990. The number of nitrogens with zero attached hydrogens (tertiary/aromatic N) is 1. The number of amides is 1. The van der Waals surface area contributed by atoms with Crippen molar-refractivity contribution in [2.75, 3.05) is 5.32 Å². The Hall–Kier alpha value is -3.05. The van der Waals surface area contributed by atoms with Crippen LogP contribution in [-0.4, -0.2) is 10.9 Å². The lowest BCUT2D eigenvalue weighted by molar-refractivity contribution is 0.0951. The molecule has 0 aliphatic carbocycles. The molecule has 1 aromatic heterocycles. The number of carbonyl (C=O) groups excluding carboxylic acids is 1. The van der Waals surface area contributed by atoms with Crippen molar-refractivity contribution in [2.45, 2.75) is 30.2 Å². The van der Waals surface area contributed by atoms with Gasteiger partial charge in [0.15, 0.2) is 0 Å². The van der Waals surface area contributed by atoms with Gasteiger partial charge in [0.1, 0.15) is 0 Å². The molecule has 4 rings (SSSR count). The van der Waals surface area contributed by atoms with Gasteiger partial charge in [0.25, 0.3) is 5.91 Å². The summed E-state index contributed by atoms with van der Waals surface area (Å²) >= 11 is 1.72. The minimum absolute atomic E-state index is 0.0990. The van der Waals surface area contributed by atoms with Crippen LogP contribution in [0.15, 0.2) is 76.8 Å². The van der Waals surface area contributed by atoms with Crippen LogP contribution in [0.2, 0.25) is 0 Å². The van der Waals surface area contributed by atoms with Crippen LogP contribution in [0.3, 0.4) is 0 Å². The fourth-order valence-electron chi connectivity index (χ4n) is 3.15. The molecule has 28 heavy (non-hydrogen) atoms. The third-order valence-electron chi connectivity index (χ3n) is 4.62. The summed E-state index contributed by atoms with van der Waals surface area (Å²) in [4.78, 5) is 19.0. The molecule has 0 saturated heterocycles. The van der Waals surface area contributed by atoms with Gasteiger partial charge in [0.2, 0.25) is 0 Å². The van der Waals surface area contributed by atoms with Crippen molar-refractivity contribution in [3.63, 3.8) is 0 Å². The standard InChI is InChI=1S/C23H21N3OS/c1-3-19-18-11-15(2)6-8-21(18)28-22-9-7-17(12-20(22)26-19)23(27)25-14-16-5-4-10-24-13-16/h3-13,26H,14H2,1-2H3,(H,25,27). The zero-order chi connectivity index (χ0) is 19.5. The van der Waals surface area contributed by atoms with Gasteiger partial charge >= 0.3 is 0 Å². The highest BCUT2D eigenvalue weighted by atomic mass is 32.2. The van der Waals surface area contributed by atoms with E-state index in [2.05, 4.69) is 46.8 Å². The molecule has 5 heteroatoms. The monoisotopic (exact) mass is 387 g/mol. The number of hydrogen-bond acceptors (Lipinski definition) is 4. The highest BCUT2D eigenvalue weighted by molar-refractivity contribution is 7.99. The minimum atomic E-state index is -0.0990. The fraction of sp³-hybridized carbons (Fsp3) is 0.130. The average molecular weight is 388 g/mol. The number of benzene rings is 2. The van der Waals surface area contributed by atoms with E-state index in [9.17, 15) is 4.79 Å². The Morgan fingerprint density at radius 1 is 1.18 bits per heavy atom. The molecule has 0 spiro atoms. The maximum absolute atomic E-state index is 12.6. The zero-order valence-electron chi connectivity index (χ0n) is 15.8. The number of pyridine rings is 1. The molecular formula is C23H21N3OS. The van der Waals surface area contributed by atoms with Gasteiger partial charge in [0.05, 0.1) is 5.69 Å². The first-order valence-electron chi connectivity index (χ1n) is 9.17. The number of aryl methyl sites for hydroxylation is 1. The second-order valence-electron chi connectivity index (χ2n) is 6.68. The number of carbonyl (C=O) groups is 1. The predicted molar refractivity (Wildman–Crippen MR) is 114 cm³/mol. The first kappa shape index (κ1) is 18.3. The molecule has 0 bridgehead atoms. The maximum atomic E-state index is 12.6. The van der Waals surface area contributed by atoms with Crippen molar-refractivity contribution < 1.29 is 4.79 Å². The van der Waals surface area contributed by atoms with Gasteiger partial charge in [-0.25, -0.2) is 0 Å². The Bertz CT molecular complexity index is 1060. The van der Waals surface area contributed by atoms with Gasteiger partial charge in [-0.1, -0.05) is 35.5 Å². The summed E-state index contributed by atoms with van der Waals surface area (Å²) in [6.45, 7) is 4.58. The lowest BCUT2D eigenvalue weighted by atomic mass is 10.1. The molecule has 0 unspecified atom stereocenters. The summed E-state index contributed by atoms with van der Waals surface area (Å²) in [6, 6.07) is 16.1. The number of aromatic nitrogens is 1. The second-order valence-corrected chi connectivity index (χ2v) is 7.77. The van der Waals surface area contributed by atoms with Crippen LogP contribution in [0.25, 0.3) is 5.70 Å². The molecule has 3 aromatic rings. The van der Waals surface area contributed by atoms with E-state index in [-0.39, 0.29) is 5.91 Å². The normalized spacial score (nSPS) is 13.9. The van der Waals surface area contributed by atoms with Crippen LogP contribution in [0, 0.1) is 6.92 Å². The summed E-state index contributed by atoms with van der Waals surface area (Å²) in [7, 11) is 0. The van der Waals surface area contributed by atoms with Crippen LogP contribution in [-0.2, 0) is 6.54 Å². The maximum Gasteiger partial charge on any atom is 0.251 e. The lowest BCUT2D eigenvalue weighted by Gasteiger charge is -2.12. The van der Waals surface area contributed by atoms with Gasteiger partial charge in [-0.2, -0.15) is 0 Å². The van der Waals surface area contributed by atoms with Crippen molar-refractivity contribution in [3.8, 4) is 0 Å². The molecule has 2 heterocycles. The lowest BCUT2D eigenvalue weighted by Crippen LogP contribution is -2.22. The molecule has 0 radical (unpaired) electrons. The second kappa shape index (κ2) is 7.90. The Morgan fingerprint density at radius 2 is 2.04 bits per heavy atom. The number of hydrogen-bond donors (Lipinski definition) is 2. The summed E-state index contributed by atoms with van der Waals surface area (Å²) < 4.78 is 0. The van der Waals surface area contributed by atoms with Gasteiger partial charge in [-0.05, 0) is 55.8 Å². The van der Waals surface area contributed by atoms with Crippen LogP contribution in [0.5, 0.6) is 0 Å². The molecule has 2 aromatic carbocycles. The van der Waals surface area contributed by atoms with Gasteiger partial charge in [-0.3, -0.25) is 9.78 Å². The minimum Gasteiger partial charge on any atom is -0.354 e. The molecular weight excluding hydrogens is 366 g/mol. The summed E-state index contributed by atoms with van der Waals surface area (Å²) in [6.07, 6.45) is 5.55. The molecule has 0 saturated carbocycles. The van der Waals surface area contributed by atoms with Gasteiger partial charge in [-0.15, -0.1) is 0 Å². The summed E-state index contributed by atoms with van der Waals surface area (Å²) in [5.41, 5.74) is 6.02. The van der Waals surface area contributed by atoms with Crippen molar-refractivity contribution in [2.24, 2.45) is 0 Å². The molecule has 0 fully saturated rings. The summed E-state index contributed by atoms with van der Waals surface area (Å²) in [5, 5.41) is 6.47. The van der Waals surface area contributed by atoms with E-state index < -0.39 is 0 Å². The Morgan fingerprint density at radius 3 is 2.82 bits per heavy atom. The largest absolute Gasteiger partial charge is 0.354 e. The van der Waals surface area contributed by atoms with Crippen LogP contribution < -0.4 is 10.6 Å². The first-order chi connectivity index (χ1) is 13.6. The molecule has 1 aliphatic heterocycles. The number of fused-ring (bicyclic) bond motifs is 2. The van der Waals surface area contributed by atoms with Gasteiger partial charge < -0.3 is 10.6 Å². The van der Waals surface area contributed by atoms with Crippen molar-refractivity contribution in [1.82, 2.24) is 10.3 Å². The van der Waals surface area contributed by atoms with Crippen LogP contribution >= 0.6 is 11.8 Å². The topological polar surface area (TPSA) is 54.0 Å². The molecule has 1 aliphatic rings. The SMILES string of the molecule is CC=C1Nc2cc(C(=O)NCc3cccnc3)ccc2Sc2ccc(C)cc21. The molecule has 4 nitrogen and oxygen atoms in total. The Labute approximate surface area is 169 Å². The number of rotatable bonds is 3. The van der Waals surface area contributed by atoms with Crippen LogP contribution in [0.1, 0.15) is 34.0 Å². The molecule has 2 N–H and O–H groups in total. The van der Waals surface area contributed by atoms with E-state index in [1.165, 1.54) is 16.0 Å². The van der Waals surface area contributed by atoms with E-state index in [4.69, 9.17) is 0 Å². The van der Waals surface area contributed by atoms with Crippen molar-refractivity contribution in [3.05, 3.63) is 89.3 Å². The molecule has 140 valence electrons. The third kappa shape index (κ3) is 3.80. The van der Waals surface area contributed by atoms with Gasteiger partial charge in [0, 0.05) is 45.6 Å². The third-order valence-corrected chi connectivity index (χ3v) is 5.77. The Balaban J connectivity index is 1.59. The number of allylic oxidation sites excluding steroid dienone is 1. The molecule has 0 atom stereocenters. The van der Waals surface area contributed by atoms with E-state index in [0.29, 0.717) is 12.1 Å². The first-order valence-corrected chi connectivity index (χ1v) is 9.99. The highest BCUT2D eigenvalue weighted by Crippen LogP contribution is 2.42.